The highest BCUT2D eigenvalue weighted by atomic mass is 16.6. The van der Waals surface area contributed by atoms with Gasteiger partial charge in [-0.15, -0.1) is 0 Å². The Morgan fingerprint density at radius 3 is 2.84 bits per heavy atom. The zero-order valence-electron chi connectivity index (χ0n) is 13.2. The van der Waals surface area contributed by atoms with Crippen LogP contribution in [0.15, 0.2) is 47.2 Å². The number of nitro groups is 1. The lowest BCUT2D eigenvalue weighted by molar-refractivity contribution is -0.385. The third-order valence-electron chi connectivity index (χ3n) is 3.44. The van der Waals surface area contributed by atoms with Gasteiger partial charge in [0, 0.05) is 0 Å². The van der Waals surface area contributed by atoms with Crippen LogP contribution in [0.2, 0.25) is 0 Å². The van der Waals surface area contributed by atoms with Gasteiger partial charge in [0.05, 0.1) is 11.0 Å². The summed E-state index contributed by atoms with van der Waals surface area (Å²) >= 11 is 0. The Labute approximate surface area is 141 Å². The van der Waals surface area contributed by atoms with Crippen LogP contribution in [0.25, 0.3) is 0 Å². The van der Waals surface area contributed by atoms with Crippen molar-refractivity contribution in [2.75, 3.05) is 0 Å². The van der Waals surface area contributed by atoms with E-state index in [0.29, 0.717) is 0 Å². The van der Waals surface area contributed by atoms with Crippen LogP contribution >= 0.6 is 0 Å². The van der Waals surface area contributed by atoms with Gasteiger partial charge in [-0.2, -0.15) is 10.1 Å². The lowest BCUT2D eigenvalue weighted by Crippen LogP contribution is -2.26. The smallest absolute Gasteiger partial charge is 0.316 e. The first-order chi connectivity index (χ1) is 12.0. The number of carbonyl (C=O) groups excluding carboxylic acids is 1. The van der Waals surface area contributed by atoms with Gasteiger partial charge in [-0.25, -0.2) is 0 Å². The average Bonchev–Trinajstić information content (AvgIpc) is 3.26. The minimum Gasteiger partial charge on any atom is -0.341 e. The summed E-state index contributed by atoms with van der Waals surface area (Å²) in [5.41, 5.74) is 0.803. The van der Waals surface area contributed by atoms with Crippen molar-refractivity contribution in [1.82, 2.24) is 25.2 Å². The van der Waals surface area contributed by atoms with E-state index >= 15 is 0 Å². The molecule has 1 amide bonds. The Bertz CT molecular complexity index is 888. The lowest BCUT2D eigenvalue weighted by Gasteiger charge is -2.12. The maximum absolute atomic E-state index is 12.2. The molecule has 3 rings (SSSR count). The van der Waals surface area contributed by atoms with Crippen LogP contribution in [-0.2, 0) is 6.54 Å². The van der Waals surface area contributed by atoms with E-state index in [4.69, 9.17) is 4.52 Å². The van der Waals surface area contributed by atoms with Gasteiger partial charge in [-0.1, -0.05) is 35.5 Å². The minimum atomic E-state index is -0.552. The highest BCUT2D eigenvalue weighted by molar-refractivity contribution is 5.89. The second kappa shape index (κ2) is 6.91. The largest absolute Gasteiger partial charge is 0.341 e. The fraction of sp³-hybridized carbons (Fsp3) is 0.200. The van der Waals surface area contributed by atoms with Crippen LogP contribution in [0, 0.1) is 10.1 Å². The SMILES string of the molecule is CC(NC(=O)c1nc(Cn2cc([N+](=O)[O-])cn2)no1)c1ccccc1. The lowest BCUT2D eigenvalue weighted by atomic mass is 10.1. The summed E-state index contributed by atoms with van der Waals surface area (Å²) in [6.07, 6.45) is 2.36. The second-order valence-corrected chi connectivity index (χ2v) is 5.27. The number of nitrogens with zero attached hydrogens (tertiary/aromatic N) is 5. The first-order valence-electron chi connectivity index (χ1n) is 7.38. The number of nitrogens with one attached hydrogen (secondary N) is 1. The quantitative estimate of drug-likeness (QED) is 0.533. The van der Waals surface area contributed by atoms with Crippen LogP contribution in [0.5, 0.6) is 0 Å². The van der Waals surface area contributed by atoms with Gasteiger partial charge in [-0.3, -0.25) is 19.6 Å². The molecule has 0 aliphatic heterocycles. The molecule has 0 bridgehead atoms. The van der Waals surface area contributed by atoms with Gasteiger partial charge >= 0.3 is 17.5 Å². The van der Waals surface area contributed by atoms with E-state index < -0.39 is 10.8 Å². The fourth-order valence-electron chi connectivity index (χ4n) is 2.17. The van der Waals surface area contributed by atoms with Gasteiger partial charge in [0.2, 0.25) is 0 Å². The summed E-state index contributed by atoms with van der Waals surface area (Å²) < 4.78 is 6.23. The summed E-state index contributed by atoms with van der Waals surface area (Å²) in [4.78, 5) is 26.2. The maximum Gasteiger partial charge on any atom is 0.316 e. The van der Waals surface area contributed by atoms with E-state index in [1.54, 1.807) is 0 Å². The Morgan fingerprint density at radius 2 is 2.16 bits per heavy atom. The molecule has 3 aromatic rings. The predicted molar refractivity (Wildman–Crippen MR) is 84.6 cm³/mol. The van der Waals surface area contributed by atoms with Crippen molar-refractivity contribution in [3.8, 4) is 0 Å². The number of hydrogen-bond acceptors (Lipinski definition) is 7. The predicted octanol–water partition coefficient (Wildman–Crippen LogP) is 1.71. The Balaban J connectivity index is 1.64. The standard InChI is InChI=1S/C15H14N6O4/c1-10(11-5-3-2-4-6-11)17-14(22)15-18-13(19-25-15)9-20-8-12(7-16-20)21(23)24/h2-8,10H,9H2,1H3,(H,17,22). The van der Waals surface area contributed by atoms with Gasteiger partial charge in [0.25, 0.3) is 0 Å². The van der Waals surface area contributed by atoms with E-state index in [0.717, 1.165) is 11.8 Å². The van der Waals surface area contributed by atoms with E-state index in [9.17, 15) is 14.9 Å². The van der Waals surface area contributed by atoms with Crippen molar-refractivity contribution in [2.24, 2.45) is 0 Å². The molecule has 1 aromatic carbocycles. The van der Waals surface area contributed by atoms with Crippen LogP contribution in [0.3, 0.4) is 0 Å². The number of rotatable bonds is 6. The molecule has 1 unspecified atom stereocenters. The van der Waals surface area contributed by atoms with Crippen molar-refractivity contribution in [3.63, 3.8) is 0 Å². The molecule has 1 N–H and O–H groups in total. The molecule has 10 nitrogen and oxygen atoms in total. The van der Waals surface area contributed by atoms with Crippen molar-refractivity contribution in [2.45, 2.75) is 19.5 Å². The molecule has 0 aliphatic rings. The molecule has 2 aromatic heterocycles. The van der Waals surface area contributed by atoms with E-state index in [2.05, 4.69) is 20.6 Å². The molecule has 2 heterocycles. The molecule has 1 atom stereocenters. The summed E-state index contributed by atoms with van der Waals surface area (Å²) in [5, 5.41) is 20.9. The summed E-state index contributed by atoms with van der Waals surface area (Å²) in [5.74, 6) is -0.489. The molecule has 128 valence electrons. The minimum absolute atomic E-state index is 0.0544. The van der Waals surface area contributed by atoms with Crippen molar-refractivity contribution in [1.29, 1.82) is 0 Å². The summed E-state index contributed by atoms with van der Waals surface area (Å²) in [6, 6.07) is 9.22. The first-order valence-corrected chi connectivity index (χ1v) is 7.38. The van der Waals surface area contributed by atoms with Gasteiger partial charge < -0.3 is 9.84 Å². The van der Waals surface area contributed by atoms with Gasteiger partial charge in [0.1, 0.15) is 18.9 Å². The number of amides is 1. The zero-order chi connectivity index (χ0) is 17.8. The summed E-state index contributed by atoms with van der Waals surface area (Å²) in [6.45, 7) is 1.90. The highest BCUT2D eigenvalue weighted by Crippen LogP contribution is 2.12. The Kier molecular flexibility index (Phi) is 4.50. The van der Waals surface area contributed by atoms with E-state index in [1.807, 2.05) is 37.3 Å². The number of aromatic nitrogens is 4. The average molecular weight is 342 g/mol. The second-order valence-electron chi connectivity index (χ2n) is 5.27. The molecule has 10 heteroatoms. The molecule has 25 heavy (non-hydrogen) atoms. The van der Waals surface area contributed by atoms with E-state index in [-0.39, 0.29) is 30.0 Å². The summed E-state index contributed by atoms with van der Waals surface area (Å²) in [7, 11) is 0. The Hall–Kier alpha value is -3.56. The number of benzene rings is 1. The molecule has 0 saturated carbocycles. The normalized spacial score (nSPS) is 11.9. The molecule has 0 aliphatic carbocycles. The first kappa shape index (κ1) is 16.3. The Morgan fingerprint density at radius 1 is 1.40 bits per heavy atom. The number of hydrogen-bond donors (Lipinski definition) is 1. The van der Waals surface area contributed by atoms with Crippen molar-refractivity contribution in [3.05, 3.63) is 70.1 Å². The molecule has 0 saturated heterocycles. The molecule has 0 spiro atoms. The van der Waals surface area contributed by atoms with Crippen LogP contribution in [-0.4, -0.2) is 30.8 Å². The van der Waals surface area contributed by atoms with Crippen molar-refractivity contribution < 1.29 is 14.2 Å². The molecular weight excluding hydrogens is 328 g/mol. The van der Waals surface area contributed by atoms with E-state index in [1.165, 1.54) is 10.9 Å². The highest BCUT2D eigenvalue weighted by Gasteiger charge is 2.19. The third-order valence-corrected chi connectivity index (χ3v) is 3.44. The maximum atomic E-state index is 12.2. The molecule has 0 radical (unpaired) electrons. The van der Waals surface area contributed by atoms with Crippen LogP contribution < -0.4 is 5.32 Å². The monoisotopic (exact) mass is 342 g/mol. The number of carbonyl (C=O) groups is 1. The molecule has 0 fully saturated rings. The van der Waals surface area contributed by atoms with Gasteiger partial charge in [0.15, 0.2) is 5.82 Å². The van der Waals surface area contributed by atoms with Crippen LogP contribution in [0.4, 0.5) is 5.69 Å². The third kappa shape index (κ3) is 3.86. The topological polar surface area (TPSA) is 129 Å². The van der Waals surface area contributed by atoms with Gasteiger partial charge in [-0.05, 0) is 12.5 Å². The fourth-order valence-corrected chi connectivity index (χ4v) is 2.17. The van der Waals surface area contributed by atoms with Crippen LogP contribution in [0.1, 0.15) is 35.0 Å². The zero-order valence-corrected chi connectivity index (χ0v) is 13.2. The van der Waals surface area contributed by atoms with Crippen molar-refractivity contribution >= 4 is 11.6 Å². The molecular formula is C15H14N6O4.